The van der Waals surface area contributed by atoms with Crippen molar-refractivity contribution in [3.63, 3.8) is 0 Å². The van der Waals surface area contributed by atoms with Gasteiger partial charge in [-0.15, -0.1) is 11.3 Å². The Bertz CT molecular complexity index is 1250. The average molecular weight is 462 g/mol. The molecule has 0 atom stereocenters. The van der Waals surface area contributed by atoms with Crippen LogP contribution in [0.25, 0.3) is 11.4 Å². The Labute approximate surface area is 182 Å². The molecule has 0 saturated carbocycles. The molecule has 10 heteroatoms. The van der Waals surface area contributed by atoms with Gasteiger partial charge in [-0.05, 0) is 53.4 Å². The van der Waals surface area contributed by atoms with Gasteiger partial charge in [0.25, 0.3) is 10.0 Å². The molecule has 0 unspecified atom stereocenters. The predicted molar refractivity (Wildman–Crippen MR) is 116 cm³/mol. The van der Waals surface area contributed by atoms with Gasteiger partial charge in [-0.1, -0.05) is 28.9 Å². The van der Waals surface area contributed by atoms with Crippen LogP contribution in [-0.2, 0) is 16.4 Å². The minimum absolute atomic E-state index is 0.257. The van der Waals surface area contributed by atoms with Gasteiger partial charge in [0.1, 0.15) is 9.96 Å². The van der Waals surface area contributed by atoms with Crippen LogP contribution in [0.5, 0.6) is 5.75 Å². The number of sulfonamides is 1. The van der Waals surface area contributed by atoms with Crippen LogP contribution in [0.4, 0.5) is 5.69 Å². The Balaban J connectivity index is 1.46. The van der Waals surface area contributed by atoms with Gasteiger partial charge in [-0.3, -0.25) is 4.72 Å². The fourth-order valence-corrected chi connectivity index (χ4v) is 5.08. The van der Waals surface area contributed by atoms with E-state index in [4.69, 9.17) is 20.9 Å². The van der Waals surface area contributed by atoms with Crippen molar-refractivity contribution in [2.45, 2.75) is 10.6 Å². The van der Waals surface area contributed by atoms with Crippen molar-refractivity contribution in [2.75, 3.05) is 11.8 Å². The summed E-state index contributed by atoms with van der Waals surface area (Å²) in [4.78, 5) is 4.40. The quantitative estimate of drug-likeness (QED) is 0.422. The van der Waals surface area contributed by atoms with Gasteiger partial charge in [0.15, 0.2) is 0 Å². The van der Waals surface area contributed by atoms with E-state index in [1.165, 1.54) is 0 Å². The summed E-state index contributed by atoms with van der Waals surface area (Å²) in [5.41, 5.74) is 2.06. The van der Waals surface area contributed by atoms with Crippen LogP contribution in [0.3, 0.4) is 0 Å². The maximum absolute atomic E-state index is 12.3. The van der Waals surface area contributed by atoms with E-state index in [0.717, 1.165) is 16.9 Å². The summed E-state index contributed by atoms with van der Waals surface area (Å²) in [7, 11) is -2.03. The fraction of sp³-hybridized carbons (Fsp3) is 0.100. The highest BCUT2D eigenvalue weighted by atomic mass is 35.5. The Morgan fingerprint density at radius 3 is 2.63 bits per heavy atom. The number of halogens is 1. The molecule has 4 aromatic rings. The van der Waals surface area contributed by atoms with E-state index >= 15 is 0 Å². The zero-order valence-electron chi connectivity index (χ0n) is 15.7. The number of thiophene rings is 1. The van der Waals surface area contributed by atoms with Crippen LogP contribution >= 0.6 is 22.9 Å². The molecule has 154 valence electrons. The molecule has 0 radical (unpaired) electrons. The van der Waals surface area contributed by atoms with Gasteiger partial charge in [0, 0.05) is 11.3 Å². The van der Waals surface area contributed by atoms with Crippen LogP contribution < -0.4 is 9.46 Å². The molecule has 0 aliphatic rings. The summed E-state index contributed by atoms with van der Waals surface area (Å²) in [5.74, 6) is 1.45. The molecule has 2 aromatic carbocycles. The number of aromatic nitrogens is 2. The molecule has 0 amide bonds. The lowest BCUT2D eigenvalue weighted by Gasteiger charge is -2.06. The molecular formula is C20H16ClN3O4S2. The largest absolute Gasteiger partial charge is 0.495 e. The Hall–Kier alpha value is -2.88. The lowest BCUT2D eigenvalue weighted by Crippen LogP contribution is -2.11. The molecule has 2 aromatic heterocycles. The molecule has 0 aliphatic carbocycles. The van der Waals surface area contributed by atoms with E-state index in [1.807, 2.05) is 6.07 Å². The SMILES string of the molecule is COc1ccc(Cc2nc(-c3ccc(NS(=O)(=O)c4cccs4)cc3)no2)cc1Cl. The lowest BCUT2D eigenvalue weighted by atomic mass is 10.1. The summed E-state index contributed by atoms with van der Waals surface area (Å²) in [5, 5.41) is 6.23. The molecule has 0 aliphatic heterocycles. The number of benzene rings is 2. The molecule has 30 heavy (non-hydrogen) atoms. The number of ether oxygens (including phenoxy) is 1. The maximum atomic E-state index is 12.3. The number of rotatable bonds is 7. The van der Waals surface area contributed by atoms with Gasteiger partial charge < -0.3 is 9.26 Å². The van der Waals surface area contributed by atoms with Crippen LogP contribution in [0.2, 0.25) is 5.02 Å². The normalized spacial score (nSPS) is 11.4. The first-order valence-electron chi connectivity index (χ1n) is 8.76. The second-order valence-corrected chi connectivity index (χ2v) is 9.54. The first kappa shape index (κ1) is 20.4. The highest BCUT2D eigenvalue weighted by Gasteiger charge is 2.16. The molecule has 0 bridgehead atoms. The number of anilines is 1. The summed E-state index contributed by atoms with van der Waals surface area (Å²) in [6.45, 7) is 0. The molecule has 2 heterocycles. The van der Waals surface area contributed by atoms with Crippen molar-refractivity contribution in [1.82, 2.24) is 10.1 Å². The minimum atomic E-state index is -3.59. The van der Waals surface area contributed by atoms with Crippen LogP contribution in [0, 0.1) is 0 Å². The third-order valence-electron chi connectivity index (χ3n) is 4.19. The summed E-state index contributed by atoms with van der Waals surface area (Å²) in [6.07, 6.45) is 0.426. The maximum Gasteiger partial charge on any atom is 0.271 e. The van der Waals surface area contributed by atoms with Crippen molar-refractivity contribution >= 4 is 38.6 Å². The third-order valence-corrected chi connectivity index (χ3v) is 7.27. The predicted octanol–water partition coefficient (Wildman–Crippen LogP) is 4.85. The summed E-state index contributed by atoms with van der Waals surface area (Å²) in [6, 6.07) is 15.5. The van der Waals surface area contributed by atoms with Crippen molar-refractivity contribution < 1.29 is 17.7 Å². The highest BCUT2D eigenvalue weighted by Crippen LogP contribution is 2.27. The van der Waals surface area contributed by atoms with Gasteiger partial charge in [-0.2, -0.15) is 4.98 Å². The van der Waals surface area contributed by atoms with Crippen molar-refractivity contribution in [1.29, 1.82) is 0 Å². The Morgan fingerprint density at radius 1 is 1.17 bits per heavy atom. The number of methoxy groups -OCH3 is 1. The molecule has 7 nitrogen and oxygen atoms in total. The van der Waals surface area contributed by atoms with Crippen LogP contribution in [-0.4, -0.2) is 25.7 Å². The summed E-state index contributed by atoms with van der Waals surface area (Å²) >= 11 is 7.31. The first-order chi connectivity index (χ1) is 14.4. The van der Waals surface area contributed by atoms with Crippen molar-refractivity contribution in [3.8, 4) is 17.1 Å². The molecule has 0 spiro atoms. The topological polar surface area (TPSA) is 94.3 Å². The average Bonchev–Trinajstić information content (AvgIpc) is 3.41. The van der Waals surface area contributed by atoms with Crippen LogP contribution in [0.15, 0.2) is 68.7 Å². The van der Waals surface area contributed by atoms with E-state index in [1.54, 1.807) is 61.0 Å². The lowest BCUT2D eigenvalue weighted by molar-refractivity contribution is 0.385. The first-order valence-corrected chi connectivity index (χ1v) is 11.5. The van der Waals surface area contributed by atoms with E-state index < -0.39 is 10.0 Å². The van der Waals surface area contributed by atoms with E-state index in [0.29, 0.717) is 40.2 Å². The standard InChI is InChI=1S/C20H16ClN3O4S2/c1-27-17-9-4-13(11-16(17)21)12-18-22-20(23-28-18)14-5-7-15(8-6-14)24-30(25,26)19-3-2-10-29-19/h2-11,24H,12H2,1H3. The smallest absolute Gasteiger partial charge is 0.271 e. The van der Waals surface area contributed by atoms with Gasteiger partial charge in [-0.25, -0.2) is 8.42 Å². The van der Waals surface area contributed by atoms with E-state index in [9.17, 15) is 8.42 Å². The number of nitrogens with zero attached hydrogens (tertiary/aromatic N) is 2. The van der Waals surface area contributed by atoms with Gasteiger partial charge in [0.05, 0.1) is 18.6 Å². The number of nitrogens with one attached hydrogen (secondary N) is 1. The Kier molecular flexibility index (Phi) is 5.76. The van der Waals surface area contributed by atoms with E-state index in [-0.39, 0.29) is 4.21 Å². The summed E-state index contributed by atoms with van der Waals surface area (Å²) < 4.78 is 37.9. The fourth-order valence-electron chi connectivity index (χ4n) is 2.75. The second-order valence-electron chi connectivity index (χ2n) is 6.27. The van der Waals surface area contributed by atoms with Crippen molar-refractivity contribution in [2.24, 2.45) is 0 Å². The highest BCUT2D eigenvalue weighted by molar-refractivity contribution is 7.94. The Morgan fingerprint density at radius 2 is 1.97 bits per heavy atom. The molecule has 1 N–H and O–H groups in total. The zero-order chi connectivity index (χ0) is 21.1. The third kappa shape index (κ3) is 4.48. The monoisotopic (exact) mass is 461 g/mol. The molecule has 0 fully saturated rings. The van der Waals surface area contributed by atoms with E-state index in [2.05, 4.69) is 14.9 Å². The minimum Gasteiger partial charge on any atom is -0.495 e. The molecular weight excluding hydrogens is 446 g/mol. The molecule has 4 rings (SSSR count). The van der Waals surface area contributed by atoms with Crippen LogP contribution in [0.1, 0.15) is 11.5 Å². The van der Waals surface area contributed by atoms with Gasteiger partial charge >= 0.3 is 0 Å². The number of hydrogen-bond acceptors (Lipinski definition) is 7. The second kappa shape index (κ2) is 8.47. The molecule has 0 saturated heterocycles. The van der Waals surface area contributed by atoms with Crippen molar-refractivity contribution in [3.05, 3.63) is 76.5 Å². The van der Waals surface area contributed by atoms with Gasteiger partial charge in [0.2, 0.25) is 11.7 Å². The zero-order valence-corrected chi connectivity index (χ0v) is 18.1. The number of hydrogen-bond donors (Lipinski definition) is 1.